The first-order valence-electron chi connectivity index (χ1n) is 5.93. The van der Waals surface area contributed by atoms with Crippen LogP contribution in [0.15, 0.2) is 24.3 Å². The van der Waals surface area contributed by atoms with Gasteiger partial charge in [-0.25, -0.2) is 0 Å². The summed E-state index contributed by atoms with van der Waals surface area (Å²) in [5.41, 5.74) is 7.41. The van der Waals surface area contributed by atoms with Crippen molar-refractivity contribution in [2.75, 3.05) is 23.8 Å². The van der Waals surface area contributed by atoms with Crippen molar-refractivity contribution in [2.24, 2.45) is 5.92 Å². The Balaban J connectivity index is 1.79. The van der Waals surface area contributed by atoms with Gasteiger partial charge in [0.25, 0.3) is 0 Å². The summed E-state index contributed by atoms with van der Waals surface area (Å²) >= 11 is 1.97. The molecule has 0 saturated carbocycles. The zero-order valence-electron chi connectivity index (χ0n) is 9.82. The van der Waals surface area contributed by atoms with Gasteiger partial charge in [0.05, 0.1) is 6.42 Å². The van der Waals surface area contributed by atoms with Gasteiger partial charge < -0.3 is 11.1 Å². The maximum Gasteiger partial charge on any atom is 0.224 e. The molecule has 1 amide bonds. The first-order valence-corrected chi connectivity index (χ1v) is 7.09. The predicted molar refractivity (Wildman–Crippen MR) is 73.0 cm³/mol. The van der Waals surface area contributed by atoms with Crippen LogP contribution in [-0.2, 0) is 11.2 Å². The lowest BCUT2D eigenvalue weighted by atomic mass is 10.1. The van der Waals surface area contributed by atoms with Gasteiger partial charge in [0.15, 0.2) is 0 Å². The van der Waals surface area contributed by atoms with Crippen LogP contribution in [0.1, 0.15) is 12.0 Å². The molecule has 1 unspecified atom stereocenters. The molecule has 1 saturated heterocycles. The Morgan fingerprint density at radius 1 is 1.47 bits per heavy atom. The highest BCUT2D eigenvalue weighted by molar-refractivity contribution is 7.99. The molecule has 17 heavy (non-hydrogen) atoms. The minimum atomic E-state index is 0.0693. The normalized spacial score (nSPS) is 19.2. The maximum atomic E-state index is 11.7. The largest absolute Gasteiger partial charge is 0.398 e. The quantitative estimate of drug-likeness (QED) is 0.799. The Kier molecular flexibility index (Phi) is 4.31. The molecule has 1 fully saturated rings. The van der Waals surface area contributed by atoms with E-state index in [1.807, 2.05) is 36.0 Å². The average molecular weight is 250 g/mol. The number of rotatable bonds is 4. The van der Waals surface area contributed by atoms with Crippen LogP contribution in [0.4, 0.5) is 5.69 Å². The molecule has 4 heteroatoms. The van der Waals surface area contributed by atoms with Crippen LogP contribution >= 0.6 is 11.8 Å². The number of nitrogens with two attached hydrogens (primary N) is 1. The molecule has 0 spiro atoms. The molecule has 0 bridgehead atoms. The lowest BCUT2D eigenvalue weighted by Gasteiger charge is -2.10. The first kappa shape index (κ1) is 12.3. The van der Waals surface area contributed by atoms with Crippen molar-refractivity contribution in [3.63, 3.8) is 0 Å². The lowest BCUT2D eigenvalue weighted by Crippen LogP contribution is -2.30. The van der Waals surface area contributed by atoms with Crippen molar-refractivity contribution in [3.8, 4) is 0 Å². The van der Waals surface area contributed by atoms with Crippen molar-refractivity contribution in [1.29, 1.82) is 0 Å². The van der Waals surface area contributed by atoms with Gasteiger partial charge in [0.2, 0.25) is 5.91 Å². The summed E-state index contributed by atoms with van der Waals surface area (Å²) in [6.07, 6.45) is 1.60. The molecule has 92 valence electrons. The molecule has 0 aliphatic carbocycles. The Morgan fingerprint density at radius 2 is 2.29 bits per heavy atom. The minimum absolute atomic E-state index is 0.0693. The number of nitrogen functional groups attached to an aromatic ring is 1. The predicted octanol–water partition coefficient (Wildman–Crippen LogP) is 1.68. The highest BCUT2D eigenvalue weighted by atomic mass is 32.2. The molecule has 3 N–H and O–H groups in total. The number of nitrogens with one attached hydrogen (secondary N) is 1. The van der Waals surface area contributed by atoms with Gasteiger partial charge in [-0.1, -0.05) is 18.2 Å². The molecule has 1 aromatic rings. The van der Waals surface area contributed by atoms with E-state index < -0.39 is 0 Å². The Bertz CT molecular complexity index is 389. The monoisotopic (exact) mass is 250 g/mol. The zero-order chi connectivity index (χ0) is 12.1. The van der Waals surface area contributed by atoms with E-state index in [-0.39, 0.29) is 5.91 Å². The minimum Gasteiger partial charge on any atom is -0.398 e. The second-order valence-electron chi connectivity index (χ2n) is 4.41. The standard InChI is InChI=1S/C13H18N2OS/c14-12-4-2-1-3-11(12)7-13(16)15-8-10-5-6-17-9-10/h1-4,10H,5-9,14H2,(H,15,16). The summed E-state index contributed by atoms with van der Waals surface area (Å²) in [4.78, 5) is 11.7. The van der Waals surface area contributed by atoms with E-state index in [1.54, 1.807) is 0 Å². The number of anilines is 1. The van der Waals surface area contributed by atoms with E-state index in [9.17, 15) is 4.79 Å². The van der Waals surface area contributed by atoms with Crippen LogP contribution < -0.4 is 11.1 Å². The molecule has 1 heterocycles. The average Bonchev–Trinajstić information content (AvgIpc) is 2.82. The SMILES string of the molecule is Nc1ccccc1CC(=O)NCC1CCSC1. The van der Waals surface area contributed by atoms with Crippen LogP contribution in [0.2, 0.25) is 0 Å². The molecule has 1 aliphatic rings. The number of carbonyl (C=O) groups is 1. The van der Waals surface area contributed by atoms with Gasteiger partial charge in [-0.15, -0.1) is 0 Å². The third kappa shape index (κ3) is 3.66. The number of benzene rings is 1. The van der Waals surface area contributed by atoms with Crippen molar-refractivity contribution < 1.29 is 4.79 Å². The van der Waals surface area contributed by atoms with Crippen molar-refractivity contribution in [3.05, 3.63) is 29.8 Å². The molecule has 1 aliphatic heterocycles. The fourth-order valence-corrected chi connectivity index (χ4v) is 3.22. The maximum absolute atomic E-state index is 11.7. The van der Waals surface area contributed by atoms with Gasteiger partial charge in [0.1, 0.15) is 0 Å². The number of carbonyl (C=O) groups excluding carboxylic acids is 1. The molecular weight excluding hydrogens is 232 g/mol. The van der Waals surface area contributed by atoms with Gasteiger partial charge >= 0.3 is 0 Å². The van der Waals surface area contributed by atoms with Crippen molar-refractivity contribution in [2.45, 2.75) is 12.8 Å². The van der Waals surface area contributed by atoms with E-state index in [1.165, 1.54) is 17.9 Å². The second kappa shape index (κ2) is 5.96. The molecule has 2 rings (SSSR count). The summed E-state index contributed by atoms with van der Waals surface area (Å²) in [6, 6.07) is 7.52. The van der Waals surface area contributed by atoms with Gasteiger partial charge in [-0.05, 0) is 35.5 Å². The molecular formula is C13H18N2OS. The topological polar surface area (TPSA) is 55.1 Å². The molecule has 0 aromatic heterocycles. The zero-order valence-corrected chi connectivity index (χ0v) is 10.6. The lowest BCUT2D eigenvalue weighted by molar-refractivity contribution is -0.120. The van der Waals surface area contributed by atoms with E-state index in [0.717, 1.165) is 12.1 Å². The number of hydrogen-bond acceptors (Lipinski definition) is 3. The van der Waals surface area contributed by atoms with Crippen molar-refractivity contribution in [1.82, 2.24) is 5.32 Å². The number of para-hydroxylation sites is 1. The third-order valence-corrected chi connectivity index (χ3v) is 4.25. The highest BCUT2D eigenvalue weighted by Crippen LogP contribution is 2.22. The first-order chi connectivity index (χ1) is 8.25. The summed E-state index contributed by atoms with van der Waals surface area (Å²) in [6.45, 7) is 0.804. The Labute approximate surface area is 106 Å². The van der Waals surface area contributed by atoms with Crippen LogP contribution in [0.3, 0.4) is 0 Å². The number of hydrogen-bond donors (Lipinski definition) is 2. The smallest absolute Gasteiger partial charge is 0.224 e. The van der Waals surface area contributed by atoms with Crippen molar-refractivity contribution >= 4 is 23.4 Å². The fraction of sp³-hybridized carbons (Fsp3) is 0.462. The Morgan fingerprint density at radius 3 is 3.00 bits per heavy atom. The van der Waals surface area contributed by atoms with E-state index in [4.69, 9.17) is 5.73 Å². The third-order valence-electron chi connectivity index (χ3n) is 3.02. The van der Waals surface area contributed by atoms with E-state index in [2.05, 4.69) is 5.32 Å². The van der Waals surface area contributed by atoms with Crippen LogP contribution in [-0.4, -0.2) is 24.0 Å². The molecule has 0 radical (unpaired) electrons. The van der Waals surface area contributed by atoms with E-state index in [0.29, 0.717) is 18.0 Å². The fourth-order valence-electron chi connectivity index (χ4n) is 1.93. The van der Waals surface area contributed by atoms with Crippen LogP contribution in [0.5, 0.6) is 0 Å². The summed E-state index contributed by atoms with van der Waals surface area (Å²) in [5.74, 6) is 3.12. The summed E-state index contributed by atoms with van der Waals surface area (Å²) in [7, 11) is 0. The van der Waals surface area contributed by atoms with Gasteiger partial charge in [0, 0.05) is 12.2 Å². The molecule has 1 atom stereocenters. The second-order valence-corrected chi connectivity index (χ2v) is 5.56. The Hall–Kier alpha value is -1.16. The van der Waals surface area contributed by atoms with E-state index >= 15 is 0 Å². The van der Waals surface area contributed by atoms with Crippen LogP contribution in [0.25, 0.3) is 0 Å². The van der Waals surface area contributed by atoms with Gasteiger partial charge in [-0.3, -0.25) is 4.79 Å². The molecule has 3 nitrogen and oxygen atoms in total. The highest BCUT2D eigenvalue weighted by Gasteiger charge is 2.16. The number of thioether (sulfide) groups is 1. The van der Waals surface area contributed by atoms with Crippen LogP contribution in [0, 0.1) is 5.92 Å². The van der Waals surface area contributed by atoms with Gasteiger partial charge in [-0.2, -0.15) is 11.8 Å². The summed E-state index contributed by atoms with van der Waals surface area (Å²) < 4.78 is 0. The summed E-state index contributed by atoms with van der Waals surface area (Å²) in [5, 5.41) is 2.99. The number of amides is 1. The molecule has 1 aromatic carbocycles.